The second kappa shape index (κ2) is 5.88. The van der Waals surface area contributed by atoms with Gasteiger partial charge in [0.2, 0.25) is 0 Å². The lowest BCUT2D eigenvalue weighted by Crippen LogP contribution is -2.72. The third kappa shape index (κ3) is 2.10. The number of furan rings is 1. The Labute approximate surface area is 157 Å². The van der Waals surface area contributed by atoms with Crippen LogP contribution in [0.5, 0.6) is 5.75 Å². The van der Waals surface area contributed by atoms with E-state index in [0.29, 0.717) is 5.75 Å². The average Bonchev–Trinajstić information content (AvgIpc) is 3.14. The lowest BCUT2D eigenvalue weighted by Gasteiger charge is -2.69. The van der Waals surface area contributed by atoms with E-state index in [0.717, 1.165) is 38.8 Å². The standard InChI is InChI=1S/C23H31NO2/c1-5-21(3)22(4)14-18-7-8-19(25)13-20(18)23(21,6-2)10-11-24(22)15-17-9-12-26-16-17/h7-9,12-13,16,25H,5-6,10-11,14-15H2,1-4H3/t21?,22-,23-/m1/s1. The van der Waals surface area contributed by atoms with Gasteiger partial charge in [0, 0.05) is 23.1 Å². The van der Waals surface area contributed by atoms with E-state index in [9.17, 15) is 5.11 Å². The number of benzene rings is 1. The molecule has 3 nitrogen and oxygen atoms in total. The number of likely N-dealkylation sites (tertiary alicyclic amines) is 1. The molecule has 0 spiro atoms. The number of rotatable bonds is 4. The summed E-state index contributed by atoms with van der Waals surface area (Å²) in [7, 11) is 0. The van der Waals surface area contributed by atoms with E-state index in [1.165, 1.54) is 16.7 Å². The zero-order valence-corrected chi connectivity index (χ0v) is 16.5. The number of aromatic hydroxyl groups is 1. The van der Waals surface area contributed by atoms with Crippen LogP contribution in [0, 0.1) is 5.41 Å². The van der Waals surface area contributed by atoms with Gasteiger partial charge in [-0.25, -0.2) is 0 Å². The number of phenols is 1. The Balaban J connectivity index is 1.88. The van der Waals surface area contributed by atoms with Gasteiger partial charge in [-0.3, -0.25) is 4.90 Å². The van der Waals surface area contributed by atoms with Crippen molar-refractivity contribution in [1.29, 1.82) is 0 Å². The molecular weight excluding hydrogens is 322 g/mol. The van der Waals surface area contributed by atoms with Crippen LogP contribution in [0.3, 0.4) is 0 Å². The summed E-state index contributed by atoms with van der Waals surface area (Å²) in [6, 6.07) is 8.15. The van der Waals surface area contributed by atoms with Crippen LogP contribution >= 0.6 is 0 Å². The zero-order valence-electron chi connectivity index (χ0n) is 16.5. The lowest BCUT2D eigenvalue weighted by atomic mass is 9.43. The number of piperidine rings is 1. The van der Waals surface area contributed by atoms with Crippen molar-refractivity contribution < 1.29 is 9.52 Å². The predicted molar refractivity (Wildman–Crippen MR) is 104 cm³/mol. The molecule has 2 aliphatic rings. The summed E-state index contributed by atoms with van der Waals surface area (Å²) in [5.74, 6) is 0.402. The first kappa shape index (κ1) is 17.7. The Kier molecular flexibility index (Phi) is 4.00. The van der Waals surface area contributed by atoms with Crippen LogP contribution in [-0.4, -0.2) is 22.1 Å². The number of fused-ring (bicyclic) bond motifs is 4. The van der Waals surface area contributed by atoms with E-state index < -0.39 is 0 Å². The second-order valence-electron chi connectivity index (χ2n) is 8.72. The predicted octanol–water partition coefficient (Wildman–Crippen LogP) is 5.27. The molecule has 0 amide bonds. The average molecular weight is 354 g/mol. The molecule has 4 rings (SSSR count). The minimum absolute atomic E-state index is 0.0806. The van der Waals surface area contributed by atoms with E-state index in [4.69, 9.17) is 4.42 Å². The highest BCUT2D eigenvalue weighted by atomic mass is 16.3. The normalized spacial score (nSPS) is 33.8. The van der Waals surface area contributed by atoms with Crippen molar-refractivity contribution in [2.24, 2.45) is 5.41 Å². The highest BCUT2D eigenvalue weighted by Crippen LogP contribution is 2.64. The van der Waals surface area contributed by atoms with Crippen molar-refractivity contribution in [2.45, 2.75) is 70.9 Å². The van der Waals surface area contributed by atoms with E-state index in [-0.39, 0.29) is 16.4 Å². The molecule has 1 aliphatic carbocycles. The molecule has 1 N–H and O–H groups in total. The van der Waals surface area contributed by atoms with Gasteiger partial charge in [0.1, 0.15) is 5.75 Å². The summed E-state index contributed by atoms with van der Waals surface area (Å²) in [6.45, 7) is 11.7. The van der Waals surface area contributed by atoms with Crippen molar-refractivity contribution in [2.75, 3.05) is 6.54 Å². The summed E-state index contributed by atoms with van der Waals surface area (Å²) >= 11 is 0. The van der Waals surface area contributed by atoms with Crippen LogP contribution in [0.2, 0.25) is 0 Å². The van der Waals surface area contributed by atoms with Crippen molar-refractivity contribution in [3.63, 3.8) is 0 Å². The van der Waals surface area contributed by atoms with E-state index in [1.807, 2.05) is 12.3 Å². The molecule has 26 heavy (non-hydrogen) atoms. The van der Waals surface area contributed by atoms with Gasteiger partial charge in [0.25, 0.3) is 0 Å². The van der Waals surface area contributed by atoms with Crippen LogP contribution in [0.15, 0.2) is 41.2 Å². The quantitative estimate of drug-likeness (QED) is 0.813. The van der Waals surface area contributed by atoms with E-state index >= 15 is 0 Å². The van der Waals surface area contributed by atoms with Gasteiger partial charge in [-0.1, -0.05) is 26.8 Å². The summed E-state index contributed by atoms with van der Waals surface area (Å²) < 4.78 is 5.33. The third-order valence-electron chi connectivity index (χ3n) is 8.16. The Morgan fingerprint density at radius 2 is 1.96 bits per heavy atom. The largest absolute Gasteiger partial charge is 0.508 e. The third-order valence-corrected chi connectivity index (χ3v) is 8.16. The molecule has 3 heteroatoms. The maximum absolute atomic E-state index is 10.2. The fourth-order valence-electron chi connectivity index (χ4n) is 6.32. The first-order chi connectivity index (χ1) is 12.4. The minimum atomic E-state index is 0.0806. The summed E-state index contributed by atoms with van der Waals surface area (Å²) in [5, 5.41) is 10.2. The molecule has 0 saturated carbocycles. The fraction of sp³-hybridized carbons (Fsp3) is 0.565. The Hall–Kier alpha value is -1.74. The van der Waals surface area contributed by atoms with Crippen LogP contribution < -0.4 is 0 Å². The molecule has 3 atom stereocenters. The molecule has 1 aliphatic heterocycles. The number of phenolic OH excluding ortho intramolecular Hbond substituents is 1. The van der Waals surface area contributed by atoms with Crippen molar-refractivity contribution in [3.05, 3.63) is 53.5 Å². The van der Waals surface area contributed by atoms with Crippen LogP contribution in [-0.2, 0) is 18.4 Å². The first-order valence-corrected chi connectivity index (χ1v) is 9.99. The topological polar surface area (TPSA) is 36.6 Å². The molecule has 1 fully saturated rings. The molecule has 2 heterocycles. The Morgan fingerprint density at radius 1 is 1.15 bits per heavy atom. The van der Waals surface area contributed by atoms with Gasteiger partial charge in [0.05, 0.1) is 12.5 Å². The first-order valence-electron chi connectivity index (χ1n) is 9.99. The second-order valence-corrected chi connectivity index (χ2v) is 8.72. The van der Waals surface area contributed by atoms with Gasteiger partial charge < -0.3 is 9.52 Å². The fourth-order valence-corrected chi connectivity index (χ4v) is 6.32. The van der Waals surface area contributed by atoms with E-state index in [1.54, 1.807) is 6.26 Å². The smallest absolute Gasteiger partial charge is 0.115 e. The van der Waals surface area contributed by atoms with Gasteiger partial charge in [-0.2, -0.15) is 0 Å². The van der Waals surface area contributed by atoms with E-state index in [2.05, 4.69) is 50.8 Å². The number of nitrogens with zero attached hydrogens (tertiary/aromatic N) is 1. The highest BCUT2D eigenvalue weighted by Gasteiger charge is 2.64. The summed E-state index contributed by atoms with van der Waals surface area (Å²) in [4.78, 5) is 2.69. The molecule has 1 aromatic carbocycles. The molecule has 1 aromatic heterocycles. The van der Waals surface area contributed by atoms with Gasteiger partial charge in [-0.05, 0) is 73.9 Å². The SMILES string of the molecule is CCC1(C)[C@]2(CC)CCN(Cc3ccoc3)[C@]1(C)Cc1ccc(O)cc12. The molecule has 1 saturated heterocycles. The molecule has 1 unspecified atom stereocenters. The van der Waals surface area contributed by atoms with Crippen LogP contribution in [0.1, 0.15) is 63.6 Å². The molecule has 140 valence electrons. The highest BCUT2D eigenvalue weighted by molar-refractivity contribution is 5.48. The van der Waals surface area contributed by atoms with Crippen molar-refractivity contribution in [3.8, 4) is 5.75 Å². The number of hydrogen-bond donors (Lipinski definition) is 1. The molecule has 2 bridgehead atoms. The molecule has 2 aromatic rings. The lowest BCUT2D eigenvalue weighted by molar-refractivity contribution is -0.129. The zero-order chi connectivity index (χ0) is 18.6. The van der Waals surface area contributed by atoms with Gasteiger partial charge in [0.15, 0.2) is 0 Å². The monoisotopic (exact) mass is 353 g/mol. The Morgan fingerprint density at radius 3 is 2.62 bits per heavy atom. The minimum Gasteiger partial charge on any atom is -0.508 e. The summed E-state index contributed by atoms with van der Waals surface area (Å²) in [5.41, 5.74) is 4.41. The summed E-state index contributed by atoms with van der Waals surface area (Å²) in [6.07, 6.45) is 8.07. The molecule has 0 radical (unpaired) electrons. The maximum Gasteiger partial charge on any atom is 0.115 e. The van der Waals surface area contributed by atoms with Crippen LogP contribution in [0.4, 0.5) is 0 Å². The van der Waals surface area contributed by atoms with Crippen molar-refractivity contribution >= 4 is 0 Å². The van der Waals surface area contributed by atoms with Gasteiger partial charge in [-0.15, -0.1) is 0 Å². The van der Waals surface area contributed by atoms with Crippen LogP contribution in [0.25, 0.3) is 0 Å². The van der Waals surface area contributed by atoms with Gasteiger partial charge >= 0.3 is 0 Å². The molecular formula is C23H31NO2. The Bertz CT molecular complexity index is 799. The van der Waals surface area contributed by atoms with Crippen molar-refractivity contribution in [1.82, 2.24) is 4.90 Å². The maximum atomic E-state index is 10.2. The number of hydrogen-bond acceptors (Lipinski definition) is 3.